The molecule has 0 spiro atoms. The Labute approximate surface area is 191 Å². The van der Waals surface area contributed by atoms with E-state index in [-0.39, 0.29) is 5.04 Å². The lowest BCUT2D eigenvalue weighted by atomic mass is 9.70. The lowest BCUT2D eigenvalue weighted by molar-refractivity contribution is -0.0809. The van der Waals surface area contributed by atoms with Gasteiger partial charge in [-0.2, -0.15) is 0 Å². The quantitative estimate of drug-likeness (QED) is 0.497. The van der Waals surface area contributed by atoms with Gasteiger partial charge in [-0.05, 0) is 34.2 Å². The van der Waals surface area contributed by atoms with E-state index >= 15 is 0 Å². The summed E-state index contributed by atoms with van der Waals surface area (Å²) < 4.78 is 7.02. The number of hydrogen-bond acceptors (Lipinski definition) is 2. The van der Waals surface area contributed by atoms with Crippen LogP contribution in [0.15, 0.2) is 60.7 Å². The van der Waals surface area contributed by atoms with Gasteiger partial charge in [-0.1, -0.05) is 101 Å². The minimum atomic E-state index is -2.50. The van der Waals surface area contributed by atoms with Crippen molar-refractivity contribution >= 4 is 26.8 Å². The van der Waals surface area contributed by atoms with Crippen LogP contribution in [0, 0.1) is 17.4 Å². The Kier molecular flexibility index (Phi) is 7.03. The standard InChI is InChI=1S/C27H38O2Si2/c1-26(2,3)31(24-14-9-7-10-15-24,25-16-11-8-12-17-25)29-22-23-20-27(28,21-23)18-13-19-30(4,5)6/h7-12,14-17,23,28H,18,20-22H2,1-6H3. The van der Waals surface area contributed by atoms with Gasteiger partial charge in [-0.25, -0.2) is 0 Å². The molecule has 1 saturated carbocycles. The summed E-state index contributed by atoms with van der Waals surface area (Å²) in [4.78, 5) is 0. The maximum Gasteiger partial charge on any atom is 0.261 e. The average molecular weight is 451 g/mol. The Hall–Kier alpha value is -1.65. The summed E-state index contributed by atoms with van der Waals surface area (Å²) in [6.07, 6.45) is 2.16. The van der Waals surface area contributed by atoms with Gasteiger partial charge >= 0.3 is 0 Å². The first-order chi connectivity index (χ1) is 14.5. The highest BCUT2D eigenvalue weighted by Gasteiger charge is 2.51. The molecule has 2 aromatic carbocycles. The van der Waals surface area contributed by atoms with Crippen molar-refractivity contribution < 1.29 is 9.53 Å². The molecule has 0 heterocycles. The summed E-state index contributed by atoms with van der Waals surface area (Å²) in [6.45, 7) is 14.3. The third kappa shape index (κ3) is 5.59. The lowest BCUT2D eigenvalue weighted by Gasteiger charge is -2.47. The van der Waals surface area contributed by atoms with E-state index < -0.39 is 22.0 Å². The van der Waals surface area contributed by atoms with Crippen LogP contribution in [0.1, 0.15) is 40.0 Å². The van der Waals surface area contributed by atoms with Gasteiger partial charge < -0.3 is 9.53 Å². The smallest absolute Gasteiger partial charge is 0.261 e. The SMILES string of the molecule is CC(C)(C)[Si](OCC1CC(O)(CC#C[Si](C)(C)C)C1)(c1ccccc1)c1ccccc1. The molecule has 4 heteroatoms. The highest BCUT2D eigenvalue weighted by molar-refractivity contribution is 6.99. The zero-order valence-corrected chi connectivity index (χ0v) is 22.0. The van der Waals surface area contributed by atoms with Gasteiger partial charge in [0.2, 0.25) is 0 Å². The second kappa shape index (κ2) is 9.07. The molecule has 0 aliphatic heterocycles. The zero-order chi connectivity index (χ0) is 22.8. The van der Waals surface area contributed by atoms with Gasteiger partial charge in [0.15, 0.2) is 0 Å². The minimum Gasteiger partial charge on any atom is -0.407 e. The van der Waals surface area contributed by atoms with Gasteiger partial charge in [-0.15, -0.1) is 11.5 Å². The summed E-state index contributed by atoms with van der Waals surface area (Å²) >= 11 is 0. The highest BCUT2D eigenvalue weighted by atomic mass is 28.4. The van der Waals surface area contributed by atoms with Crippen molar-refractivity contribution in [3.8, 4) is 11.5 Å². The van der Waals surface area contributed by atoms with E-state index in [9.17, 15) is 5.11 Å². The molecule has 3 rings (SSSR count). The van der Waals surface area contributed by atoms with Crippen LogP contribution in [-0.4, -0.2) is 33.7 Å². The van der Waals surface area contributed by atoms with E-state index in [2.05, 4.69) is 113 Å². The van der Waals surface area contributed by atoms with Crippen molar-refractivity contribution in [2.45, 2.75) is 70.3 Å². The number of hydrogen-bond donors (Lipinski definition) is 1. The topological polar surface area (TPSA) is 29.5 Å². The van der Waals surface area contributed by atoms with Crippen molar-refractivity contribution in [1.29, 1.82) is 0 Å². The molecule has 0 amide bonds. The Bertz CT molecular complexity index is 869. The third-order valence-electron chi connectivity index (χ3n) is 6.17. The van der Waals surface area contributed by atoms with Crippen molar-refractivity contribution in [2.75, 3.05) is 6.61 Å². The van der Waals surface area contributed by atoms with E-state index in [1.54, 1.807) is 0 Å². The molecular weight excluding hydrogens is 412 g/mol. The molecule has 0 atom stereocenters. The number of benzene rings is 2. The Balaban J connectivity index is 1.79. The first kappa shape index (κ1) is 24.0. The summed E-state index contributed by atoms with van der Waals surface area (Å²) in [6, 6.07) is 21.5. The monoisotopic (exact) mass is 450 g/mol. The molecule has 1 N–H and O–H groups in total. The molecule has 0 bridgehead atoms. The molecule has 166 valence electrons. The lowest BCUT2D eigenvalue weighted by Crippen LogP contribution is -2.67. The molecule has 31 heavy (non-hydrogen) atoms. The molecule has 0 radical (unpaired) electrons. The Morgan fingerprint density at radius 2 is 1.42 bits per heavy atom. The van der Waals surface area contributed by atoms with Gasteiger partial charge in [0.25, 0.3) is 8.32 Å². The molecule has 0 saturated heterocycles. The molecule has 0 unspecified atom stereocenters. The fraction of sp³-hybridized carbons (Fsp3) is 0.481. The first-order valence-corrected chi connectivity index (χ1v) is 16.8. The molecule has 1 aliphatic carbocycles. The van der Waals surface area contributed by atoms with E-state index in [1.807, 2.05) is 0 Å². The molecule has 0 aromatic heterocycles. The second-order valence-corrected chi connectivity index (χ2v) is 20.3. The zero-order valence-electron chi connectivity index (χ0n) is 20.0. The van der Waals surface area contributed by atoms with Gasteiger partial charge in [0, 0.05) is 13.0 Å². The van der Waals surface area contributed by atoms with E-state index in [1.165, 1.54) is 10.4 Å². The van der Waals surface area contributed by atoms with Crippen LogP contribution in [0.5, 0.6) is 0 Å². The van der Waals surface area contributed by atoms with Crippen molar-refractivity contribution in [3.05, 3.63) is 60.7 Å². The van der Waals surface area contributed by atoms with Crippen LogP contribution >= 0.6 is 0 Å². The predicted molar refractivity (Wildman–Crippen MR) is 137 cm³/mol. The van der Waals surface area contributed by atoms with E-state index in [0.717, 1.165) is 12.8 Å². The largest absolute Gasteiger partial charge is 0.407 e. The van der Waals surface area contributed by atoms with Crippen LogP contribution in [-0.2, 0) is 4.43 Å². The number of rotatable bonds is 6. The molecule has 2 nitrogen and oxygen atoms in total. The maximum atomic E-state index is 10.9. The summed E-state index contributed by atoms with van der Waals surface area (Å²) in [5.74, 6) is 3.66. The van der Waals surface area contributed by atoms with E-state index in [0.29, 0.717) is 18.9 Å². The first-order valence-electron chi connectivity index (χ1n) is 11.4. The summed E-state index contributed by atoms with van der Waals surface area (Å²) in [5, 5.41) is 13.5. The van der Waals surface area contributed by atoms with Gasteiger partial charge in [-0.3, -0.25) is 0 Å². The van der Waals surface area contributed by atoms with Crippen molar-refractivity contribution in [2.24, 2.45) is 5.92 Å². The minimum absolute atomic E-state index is 0.0153. The normalized spacial score (nSPS) is 21.7. The summed E-state index contributed by atoms with van der Waals surface area (Å²) in [5.41, 5.74) is 2.75. The van der Waals surface area contributed by atoms with Crippen LogP contribution in [0.2, 0.25) is 24.7 Å². The fourth-order valence-electron chi connectivity index (χ4n) is 4.76. The average Bonchev–Trinajstić information content (AvgIpc) is 2.66. The van der Waals surface area contributed by atoms with Gasteiger partial charge in [0.1, 0.15) is 8.07 Å². The van der Waals surface area contributed by atoms with Crippen molar-refractivity contribution in [1.82, 2.24) is 0 Å². The molecule has 1 fully saturated rings. The van der Waals surface area contributed by atoms with Crippen LogP contribution in [0.4, 0.5) is 0 Å². The molecule has 1 aliphatic rings. The van der Waals surface area contributed by atoms with Crippen molar-refractivity contribution in [3.63, 3.8) is 0 Å². The molecule has 2 aromatic rings. The van der Waals surface area contributed by atoms with Crippen LogP contribution in [0.25, 0.3) is 0 Å². The third-order valence-corrected chi connectivity index (χ3v) is 12.1. The highest BCUT2D eigenvalue weighted by Crippen LogP contribution is 2.42. The second-order valence-electron chi connectivity index (χ2n) is 11.2. The Morgan fingerprint density at radius 3 is 1.84 bits per heavy atom. The Morgan fingerprint density at radius 1 is 0.935 bits per heavy atom. The van der Waals surface area contributed by atoms with Crippen LogP contribution in [0.3, 0.4) is 0 Å². The summed E-state index contributed by atoms with van der Waals surface area (Å²) in [7, 11) is -3.89. The van der Waals surface area contributed by atoms with Crippen LogP contribution < -0.4 is 10.4 Å². The number of aliphatic hydroxyl groups is 1. The molecular formula is C27H38O2Si2. The van der Waals surface area contributed by atoms with Gasteiger partial charge in [0.05, 0.1) is 5.60 Å². The predicted octanol–water partition coefficient (Wildman–Crippen LogP) is 4.98. The van der Waals surface area contributed by atoms with E-state index in [4.69, 9.17) is 4.43 Å². The fourth-order valence-corrected chi connectivity index (χ4v) is 10.0. The maximum absolute atomic E-state index is 10.9.